The van der Waals surface area contributed by atoms with Gasteiger partial charge in [-0.1, -0.05) is 6.07 Å². The first-order valence-electron chi connectivity index (χ1n) is 9.62. The predicted molar refractivity (Wildman–Crippen MR) is 105 cm³/mol. The van der Waals surface area contributed by atoms with Crippen molar-refractivity contribution in [2.75, 3.05) is 24.7 Å². The molecule has 1 unspecified atom stereocenters. The molecule has 2 aromatic rings. The van der Waals surface area contributed by atoms with Gasteiger partial charge in [0.2, 0.25) is 5.75 Å². The van der Waals surface area contributed by atoms with Crippen LogP contribution in [0.25, 0.3) is 0 Å². The van der Waals surface area contributed by atoms with Crippen LogP contribution in [0.5, 0.6) is 5.75 Å². The smallest absolute Gasteiger partial charge is 0.414 e. The topological polar surface area (TPSA) is 137 Å². The molecule has 0 radical (unpaired) electrons. The fourth-order valence-electron chi connectivity index (χ4n) is 3.88. The lowest BCUT2D eigenvalue weighted by Gasteiger charge is -2.37. The predicted octanol–water partition coefficient (Wildman–Crippen LogP) is 1.19. The maximum atomic E-state index is 13.9. The van der Waals surface area contributed by atoms with Crippen LogP contribution in [-0.2, 0) is 21.5 Å². The summed E-state index contributed by atoms with van der Waals surface area (Å²) < 4.78 is 26.0. The number of hydrogen-bond donors (Lipinski definition) is 2. The van der Waals surface area contributed by atoms with Crippen molar-refractivity contribution in [3.63, 3.8) is 0 Å². The first-order valence-corrected chi connectivity index (χ1v) is 9.62. The van der Waals surface area contributed by atoms with E-state index in [1.165, 1.54) is 27.7 Å². The number of carbonyl (C=O) groups excluding carboxylic acids is 2. The summed E-state index contributed by atoms with van der Waals surface area (Å²) in [6.45, 7) is 3.88. The minimum atomic E-state index is -1.04. The molecule has 0 bridgehead atoms. The second-order valence-corrected chi connectivity index (χ2v) is 7.89. The van der Waals surface area contributed by atoms with Gasteiger partial charge in [0.25, 0.3) is 11.5 Å². The number of nitrogens with two attached hydrogens (primary N) is 1. The van der Waals surface area contributed by atoms with Gasteiger partial charge in [0.1, 0.15) is 23.8 Å². The number of primary amides is 1. The molecule has 2 aliphatic rings. The molecule has 1 aromatic heterocycles. The molecule has 1 saturated heterocycles. The molecule has 1 fully saturated rings. The first-order chi connectivity index (χ1) is 14.6. The number of aromatic hydroxyl groups is 1. The Hall–Kier alpha value is -3.47. The number of amides is 2. The molecular weight excluding hydrogens is 411 g/mol. The molecule has 3 heterocycles. The second-order valence-electron chi connectivity index (χ2n) is 7.89. The quantitative estimate of drug-likeness (QED) is 0.740. The number of benzene rings is 1. The van der Waals surface area contributed by atoms with E-state index in [9.17, 15) is 23.9 Å². The number of anilines is 1. The zero-order valence-corrected chi connectivity index (χ0v) is 16.9. The maximum absolute atomic E-state index is 13.9. The van der Waals surface area contributed by atoms with E-state index in [0.29, 0.717) is 11.3 Å². The summed E-state index contributed by atoms with van der Waals surface area (Å²) in [7, 11) is 0. The summed E-state index contributed by atoms with van der Waals surface area (Å²) in [6.07, 6.45) is -0.421. The van der Waals surface area contributed by atoms with E-state index >= 15 is 0 Å². The largest absolute Gasteiger partial charge is 0.501 e. The molecule has 11 heteroatoms. The average Bonchev–Trinajstić information content (AvgIpc) is 3.13. The molecule has 1 atom stereocenters. The third-order valence-corrected chi connectivity index (χ3v) is 5.42. The van der Waals surface area contributed by atoms with E-state index in [1.807, 2.05) is 0 Å². The Balaban J connectivity index is 1.81. The third kappa shape index (κ3) is 3.50. The van der Waals surface area contributed by atoms with Crippen molar-refractivity contribution in [3.8, 4) is 5.75 Å². The summed E-state index contributed by atoms with van der Waals surface area (Å²) in [5.41, 5.74) is 3.76. The van der Waals surface area contributed by atoms with Crippen molar-refractivity contribution >= 4 is 17.7 Å². The molecule has 31 heavy (non-hydrogen) atoms. The Morgan fingerprint density at radius 1 is 1.39 bits per heavy atom. The second kappa shape index (κ2) is 7.34. The van der Waals surface area contributed by atoms with Gasteiger partial charge in [0.05, 0.1) is 24.9 Å². The maximum Gasteiger partial charge on any atom is 0.414 e. The zero-order valence-electron chi connectivity index (χ0n) is 16.9. The lowest BCUT2D eigenvalue weighted by Crippen LogP contribution is -2.45. The fraction of sp³-hybridized carbons (Fsp3) is 0.400. The summed E-state index contributed by atoms with van der Waals surface area (Å²) in [6, 6.07) is 3.36. The average molecular weight is 432 g/mol. The fourth-order valence-corrected chi connectivity index (χ4v) is 3.88. The van der Waals surface area contributed by atoms with Crippen LogP contribution in [0.15, 0.2) is 23.0 Å². The van der Waals surface area contributed by atoms with Crippen LogP contribution >= 0.6 is 0 Å². The lowest BCUT2D eigenvalue weighted by atomic mass is 9.98. The Bertz CT molecular complexity index is 1150. The van der Waals surface area contributed by atoms with Crippen LogP contribution in [0.3, 0.4) is 0 Å². The Kier molecular flexibility index (Phi) is 4.92. The lowest BCUT2D eigenvalue weighted by molar-refractivity contribution is -0.0725. The number of carbonyl (C=O) groups is 2. The van der Waals surface area contributed by atoms with Gasteiger partial charge in [0.15, 0.2) is 5.69 Å². The van der Waals surface area contributed by atoms with Crippen molar-refractivity contribution in [2.45, 2.75) is 31.9 Å². The van der Waals surface area contributed by atoms with Crippen LogP contribution in [0, 0.1) is 5.82 Å². The third-order valence-electron chi connectivity index (χ3n) is 5.42. The van der Waals surface area contributed by atoms with Gasteiger partial charge in [-0.25, -0.2) is 14.2 Å². The highest BCUT2D eigenvalue weighted by Gasteiger charge is 2.39. The van der Waals surface area contributed by atoms with Crippen molar-refractivity contribution in [1.29, 1.82) is 0 Å². The Morgan fingerprint density at radius 2 is 2.13 bits per heavy atom. The molecular formula is C20H21FN4O6. The highest BCUT2D eigenvalue weighted by molar-refractivity contribution is 5.93. The number of ether oxygens (including phenoxy) is 2. The van der Waals surface area contributed by atoms with E-state index in [4.69, 9.17) is 15.2 Å². The van der Waals surface area contributed by atoms with Gasteiger partial charge in [-0.2, -0.15) is 0 Å². The Morgan fingerprint density at radius 3 is 2.77 bits per heavy atom. The molecule has 2 amide bonds. The van der Waals surface area contributed by atoms with Crippen LogP contribution in [0.4, 0.5) is 14.9 Å². The van der Waals surface area contributed by atoms with E-state index in [0.717, 1.165) is 0 Å². The molecule has 2 aliphatic heterocycles. The molecule has 164 valence electrons. The number of cyclic esters (lactones) is 1. The van der Waals surface area contributed by atoms with Gasteiger partial charge in [-0.15, -0.1) is 0 Å². The SMILES string of the molecule is CC1(C)OCC(Cc2ccc(F)cc2N2CCOC2=O)n2c1nc(C(N)=O)c(O)c2=O. The molecule has 0 saturated carbocycles. The summed E-state index contributed by atoms with van der Waals surface area (Å²) >= 11 is 0. The van der Waals surface area contributed by atoms with E-state index in [-0.39, 0.29) is 32.0 Å². The molecule has 3 N–H and O–H groups in total. The summed E-state index contributed by atoms with van der Waals surface area (Å²) in [4.78, 5) is 42.0. The van der Waals surface area contributed by atoms with Crippen LogP contribution in [-0.4, -0.2) is 46.4 Å². The molecule has 0 spiro atoms. The van der Waals surface area contributed by atoms with Crippen LogP contribution in [0.2, 0.25) is 0 Å². The summed E-state index contributed by atoms with van der Waals surface area (Å²) in [5, 5.41) is 10.2. The number of halogens is 1. The highest BCUT2D eigenvalue weighted by atomic mass is 19.1. The monoisotopic (exact) mass is 432 g/mol. The van der Waals surface area contributed by atoms with Crippen LogP contribution < -0.4 is 16.2 Å². The van der Waals surface area contributed by atoms with Crippen LogP contribution in [0.1, 0.15) is 41.8 Å². The van der Waals surface area contributed by atoms with Crippen molar-refractivity contribution in [1.82, 2.24) is 9.55 Å². The minimum Gasteiger partial charge on any atom is -0.501 e. The first kappa shape index (κ1) is 20.8. The molecule has 10 nitrogen and oxygen atoms in total. The number of rotatable bonds is 4. The van der Waals surface area contributed by atoms with E-state index in [1.54, 1.807) is 13.8 Å². The van der Waals surface area contributed by atoms with Gasteiger partial charge >= 0.3 is 6.09 Å². The minimum absolute atomic E-state index is 0.0816. The highest BCUT2D eigenvalue weighted by Crippen LogP contribution is 2.35. The molecule has 4 rings (SSSR count). The van der Waals surface area contributed by atoms with Gasteiger partial charge < -0.3 is 20.3 Å². The zero-order chi connectivity index (χ0) is 22.5. The van der Waals surface area contributed by atoms with E-state index in [2.05, 4.69) is 4.98 Å². The van der Waals surface area contributed by atoms with Gasteiger partial charge in [-0.05, 0) is 38.0 Å². The Labute approximate surface area is 176 Å². The van der Waals surface area contributed by atoms with Crippen molar-refractivity contribution < 1.29 is 28.6 Å². The van der Waals surface area contributed by atoms with Gasteiger partial charge in [-0.3, -0.25) is 19.1 Å². The van der Waals surface area contributed by atoms with E-state index < -0.39 is 46.5 Å². The number of fused-ring (bicyclic) bond motifs is 1. The standard InChI is InChI=1S/C20H21FN4O6/c1-20(2)18-23-14(16(22)27)15(26)17(28)25(18)12(9-31-20)7-10-3-4-11(21)8-13(10)24-5-6-30-19(24)29/h3-4,8,12,26H,5-7,9H2,1-2H3,(H2,22,27). The number of hydrogen-bond acceptors (Lipinski definition) is 7. The van der Waals surface area contributed by atoms with Crippen molar-refractivity contribution in [2.24, 2.45) is 5.73 Å². The van der Waals surface area contributed by atoms with Crippen molar-refractivity contribution in [3.05, 3.63) is 51.5 Å². The molecule has 0 aliphatic carbocycles. The number of aromatic nitrogens is 2. The number of nitrogens with zero attached hydrogens (tertiary/aromatic N) is 3. The molecule has 1 aromatic carbocycles. The normalized spacial score (nSPS) is 19.8. The van der Waals surface area contributed by atoms with Gasteiger partial charge in [0, 0.05) is 0 Å². The summed E-state index contributed by atoms with van der Waals surface area (Å²) in [5.74, 6) is -2.28.